The Morgan fingerprint density at radius 1 is 1.35 bits per heavy atom. The molecule has 0 N–H and O–H groups in total. The van der Waals surface area contributed by atoms with Gasteiger partial charge in [-0.25, -0.2) is 8.42 Å². The Bertz CT molecular complexity index is 488. The predicted molar refractivity (Wildman–Crippen MR) is 79.8 cm³/mol. The summed E-state index contributed by atoms with van der Waals surface area (Å²) in [6.45, 7) is 0.499. The molecule has 0 spiro atoms. The van der Waals surface area contributed by atoms with Gasteiger partial charge in [0, 0.05) is 35.3 Å². The summed E-state index contributed by atoms with van der Waals surface area (Å²) in [6, 6.07) is 6.01. The van der Waals surface area contributed by atoms with Gasteiger partial charge in [0.2, 0.25) is 0 Å². The van der Waals surface area contributed by atoms with E-state index < -0.39 is 9.84 Å². The van der Waals surface area contributed by atoms with Crippen molar-refractivity contribution in [3.05, 3.63) is 28.2 Å². The van der Waals surface area contributed by atoms with Crippen molar-refractivity contribution < 1.29 is 8.42 Å². The molecule has 0 fully saturated rings. The Morgan fingerprint density at radius 3 is 2.47 bits per heavy atom. The average molecular weight is 385 g/mol. The highest BCUT2D eigenvalue weighted by molar-refractivity contribution is 9.10. The second kappa shape index (κ2) is 6.20. The molecule has 6 heteroatoms. The Kier molecular flexibility index (Phi) is 5.47. The van der Waals surface area contributed by atoms with Gasteiger partial charge in [0.1, 0.15) is 9.84 Å². The number of sulfone groups is 1. The first kappa shape index (κ1) is 15.0. The first-order valence-electron chi connectivity index (χ1n) is 5.07. The summed E-state index contributed by atoms with van der Waals surface area (Å²) in [4.78, 5) is 1.93. The number of anilines is 1. The maximum atomic E-state index is 11.1. The zero-order valence-corrected chi connectivity index (χ0v) is 13.8. The molecule has 0 bridgehead atoms. The highest BCUT2D eigenvalue weighted by Gasteiger charge is 2.08. The third kappa shape index (κ3) is 4.97. The van der Waals surface area contributed by atoms with Crippen molar-refractivity contribution in [1.29, 1.82) is 0 Å². The van der Waals surface area contributed by atoms with Crippen molar-refractivity contribution in [2.75, 3.05) is 30.5 Å². The van der Waals surface area contributed by atoms with E-state index in [9.17, 15) is 8.42 Å². The van der Waals surface area contributed by atoms with Crippen LogP contribution >= 0.6 is 31.9 Å². The molecule has 0 aliphatic rings. The van der Waals surface area contributed by atoms with Gasteiger partial charge in [0.25, 0.3) is 0 Å². The molecular weight excluding hydrogens is 370 g/mol. The van der Waals surface area contributed by atoms with Gasteiger partial charge >= 0.3 is 0 Å². The van der Waals surface area contributed by atoms with Crippen LogP contribution in [0.5, 0.6) is 0 Å². The van der Waals surface area contributed by atoms with E-state index in [1.165, 1.54) is 11.8 Å². The highest BCUT2D eigenvalue weighted by Crippen LogP contribution is 2.25. The largest absolute Gasteiger partial charge is 0.374 e. The van der Waals surface area contributed by atoms with Crippen LogP contribution < -0.4 is 4.90 Å². The zero-order valence-electron chi connectivity index (χ0n) is 9.78. The molecule has 3 nitrogen and oxygen atoms in total. The summed E-state index contributed by atoms with van der Waals surface area (Å²) in [5, 5.41) is 0.793. The molecule has 0 aromatic heterocycles. The SMILES string of the molecule is CN(CCS(C)(=O)=O)c1ccc(CBr)c(Br)c1. The third-order valence-electron chi connectivity index (χ3n) is 2.42. The van der Waals surface area contributed by atoms with Crippen molar-refractivity contribution in [3.63, 3.8) is 0 Å². The lowest BCUT2D eigenvalue weighted by atomic mass is 10.2. The molecule has 0 aliphatic heterocycles. The molecule has 1 aromatic rings. The van der Waals surface area contributed by atoms with Gasteiger partial charge in [0.05, 0.1) is 5.75 Å². The van der Waals surface area contributed by atoms with Gasteiger partial charge in [-0.15, -0.1) is 0 Å². The van der Waals surface area contributed by atoms with Crippen LogP contribution in [-0.4, -0.2) is 34.0 Å². The molecule has 1 aromatic carbocycles. The summed E-state index contributed by atoms with van der Waals surface area (Å²) < 4.78 is 23.2. The maximum Gasteiger partial charge on any atom is 0.149 e. The molecule has 0 saturated carbocycles. The molecule has 0 amide bonds. The van der Waals surface area contributed by atoms with E-state index in [2.05, 4.69) is 31.9 Å². The van der Waals surface area contributed by atoms with Crippen LogP contribution in [0.25, 0.3) is 0 Å². The van der Waals surface area contributed by atoms with Gasteiger partial charge in [0.15, 0.2) is 0 Å². The Labute approximate surface area is 119 Å². The molecule has 0 saturated heterocycles. The number of hydrogen-bond acceptors (Lipinski definition) is 3. The van der Waals surface area contributed by atoms with Crippen molar-refractivity contribution in [2.24, 2.45) is 0 Å². The fourth-order valence-corrected chi connectivity index (χ4v) is 3.29. The number of alkyl halides is 1. The van der Waals surface area contributed by atoms with Gasteiger partial charge < -0.3 is 4.90 Å². The number of nitrogens with zero attached hydrogens (tertiary/aromatic N) is 1. The monoisotopic (exact) mass is 383 g/mol. The number of benzene rings is 1. The predicted octanol–water partition coefficient (Wildman–Crippen LogP) is 2.82. The van der Waals surface area contributed by atoms with Crippen LogP contribution in [0.3, 0.4) is 0 Å². The van der Waals surface area contributed by atoms with Crippen LogP contribution in [0.4, 0.5) is 5.69 Å². The van der Waals surface area contributed by atoms with Crippen LogP contribution in [0, 0.1) is 0 Å². The van der Waals surface area contributed by atoms with Gasteiger partial charge in [-0.1, -0.05) is 37.9 Å². The lowest BCUT2D eigenvalue weighted by Gasteiger charge is -2.19. The quantitative estimate of drug-likeness (QED) is 0.732. The van der Waals surface area contributed by atoms with Gasteiger partial charge in [-0.3, -0.25) is 0 Å². The first-order valence-corrected chi connectivity index (χ1v) is 9.04. The lowest BCUT2D eigenvalue weighted by molar-refractivity contribution is 0.601. The summed E-state index contributed by atoms with van der Waals surface area (Å²) in [6.07, 6.45) is 1.25. The number of halogens is 2. The van der Waals surface area contributed by atoms with E-state index in [0.717, 1.165) is 15.5 Å². The number of hydrogen-bond donors (Lipinski definition) is 0. The minimum absolute atomic E-state index is 0.168. The van der Waals surface area contributed by atoms with Crippen molar-refractivity contribution in [2.45, 2.75) is 5.33 Å². The standard InChI is InChI=1S/C11H15Br2NO2S/c1-14(5-6-17(2,15)16)10-4-3-9(8-12)11(13)7-10/h3-4,7H,5-6,8H2,1-2H3. The van der Waals surface area contributed by atoms with E-state index in [0.29, 0.717) is 6.54 Å². The molecule has 0 aliphatic carbocycles. The van der Waals surface area contributed by atoms with Crippen LogP contribution in [0.2, 0.25) is 0 Å². The Hall–Kier alpha value is -0.0700. The van der Waals surface area contributed by atoms with E-state index >= 15 is 0 Å². The summed E-state index contributed by atoms with van der Waals surface area (Å²) in [5.74, 6) is 0.168. The zero-order chi connectivity index (χ0) is 13.1. The minimum atomic E-state index is -2.91. The summed E-state index contributed by atoms with van der Waals surface area (Å²) in [7, 11) is -1.02. The molecule has 0 radical (unpaired) electrons. The van der Waals surface area contributed by atoms with Crippen LogP contribution in [0.15, 0.2) is 22.7 Å². The second-order valence-corrected chi connectivity index (χ2v) is 7.64. The van der Waals surface area contributed by atoms with Crippen LogP contribution in [0.1, 0.15) is 5.56 Å². The van der Waals surface area contributed by atoms with Gasteiger partial charge in [-0.2, -0.15) is 0 Å². The molecule has 0 unspecified atom stereocenters. The number of rotatable bonds is 5. The third-order valence-corrected chi connectivity index (χ3v) is 4.69. The maximum absolute atomic E-state index is 11.1. The molecular formula is C11H15Br2NO2S. The van der Waals surface area contributed by atoms with Crippen molar-refractivity contribution in [1.82, 2.24) is 0 Å². The fourth-order valence-electron chi connectivity index (χ4n) is 1.31. The Morgan fingerprint density at radius 2 is 2.00 bits per heavy atom. The lowest BCUT2D eigenvalue weighted by Crippen LogP contribution is -2.24. The van der Waals surface area contributed by atoms with E-state index in [1.54, 1.807) is 0 Å². The molecule has 0 heterocycles. The average Bonchev–Trinajstić information content (AvgIpc) is 2.24. The van der Waals surface area contributed by atoms with Crippen molar-refractivity contribution in [3.8, 4) is 0 Å². The minimum Gasteiger partial charge on any atom is -0.374 e. The van der Waals surface area contributed by atoms with E-state index in [-0.39, 0.29) is 5.75 Å². The highest BCUT2D eigenvalue weighted by atomic mass is 79.9. The van der Waals surface area contributed by atoms with E-state index in [1.807, 2.05) is 30.1 Å². The molecule has 17 heavy (non-hydrogen) atoms. The normalized spacial score (nSPS) is 11.5. The first-order chi connectivity index (χ1) is 7.83. The topological polar surface area (TPSA) is 37.4 Å². The Balaban J connectivity index is 2.76. The fraction of sp³-hybridized carbons (Fsp3) is 0.455. The van der Waals surface area contributed by atoms with E-state index in [4.69, 9.17) is 0 Å². The van der Waals surface area contributed by atoms with Crippen LogP contribution in [-0.2, 0) is 15.2 Å². The second-order valence-electron chi connectivity index (χ2n) is 3.96. The smallest absolute Gasteiger partial charge is 0.149 e. The molecule has 96 valence electrons. The summed E-state index contributed by atoms with van der Waals surface area (Å²) >= 11 is 6.90. The summed E-state index contributed by atoms with van der Waals surface area (Å²) in [5.41, 5.74) is 2.18. The van der Waals surface area contributed by atoms with Gasteiger partial charge in [-0.05, 0) is 17.7 Å². The molecule has 1 rings (SSSR count). The van der Waals surface area contributed by atoms with Crippen molar-refractivity contribution >= 4 is 47.4 Å². The molecule has 0 atom stereocenters.